The van der Waals surface area contributed by atoms with Gasteiger partial charge in [-0.1, -0.05) is 42.3 Å². The molecule has 0 aliphatic rings. The molecule has 2 amide bonds. The van der Waals surface area contributed by atoms with Crippen molar-refractivity contribution >= 4 is 52.1 Å². The van der Waals surface area contributed by atoms with E-state index in [4.69, 9.17) is 41.2 Å². The second-order valence-corrected chi connectivity index (χ2v) is 4.96. The Morgan fingerprint density at radius 3 is 2.39 bits per heavy atom. The van der Waals surface area contributed by atoms with Gasteiger partial charge in [-0.3, -0.25) is 0 Å². The van der Waals surface area contributed by atoms with Gasteiger partial charge in [-0.15, -0.1) is 0 Å². The molecule has 7 heteroatoms. The van der Waals surface area contributed by atoms with Crippen LogP contribution in [0.3, 0.4) is 0 Å². The Kier molecular flexibility index (Phi) is 5.65. The zero-order valence-corrected chi connectivity index (χ0v) is 12.0. The van der Waals surface area contributed by atoms with Crippen LogP contribution >= 0.6 is 35.4 Å². The first-order valence-electron chi connectivity index (χ1n) is 5.25. The van der Waals surface area contributed by atoms with E-state index in [1.807, 2.05) is 6.92 Å². The second-order valence-electron chi connectivity index (χ2n) is 3.62. The Hall–Kier alpha value is -1.04. The zero-order valence-electron chi connectivity index (χ0n) is 9.67. The second kappa shape index (κ2) is 6.78. The van der Waals surface area contributed by atoms with E-state index in [0.717, 1.165) is 0 Å². The molecule has 0 heterocycles. The van der Waals surface area contributed by atoms with Gasteiger partial charge in [0.1, 0.15) is 0 Å². The molecule has 0 radical (unpaired) electrons. The summed E-state index contributed by atoms with van der Waals surface area (Å²) in [5.41, 5.74) is 5.99. The molecule has 1 unspecified atom stereocenters. The molecule has 1 atom stereocenters. The summed E-state index contributed by atoms with van der Waals surface area (Å²) in [6.45, 7) is 1.88. The van der Waals surface area contributed by atoms with Crippen molar-refractivity contribution in [1.82, 2.24) is 5.32 Å². The molecule has 0 saturated carbocycles. The maximum Gasteiger partial charge on any atom is 0.319 e. The first-order chi connectivity index (χ1) is 8.42. The number of anilines is 1. The molecular weight excluding hydrogens is 293 g/mol. The van der Waals surface area contributed by atoms with Crippen LogP contribution in [0.25, 0.3) is 0 Å². The van der Waals surface area contributed by atoms with Gasteiger partial charge >= 0.3 is 6.03 Å². The summed E-state index contributed by atoms with van der Waals surface area (Å²) in [4.78, 5) is 11.9. The van der Waals surface area contributed by atoms with E-state index in [1.54, 1.807) is 18.2 Å². The van der Waals surface area contributed by atoms with Crippen LogP contribution in [0.15, 0.2) is 18.2 Å². The maximum atomic E-state index is 11.7. The highest BCUT2D eigenvalue weighted by atomic mass is 35.5. The molecule has 0 aliphatic carbocycles. The number of halogens is 2. The minimum Gasteiger partial charge on any atom is -0.392 e. The van der Waals surface area contributed by atoms with Gasteiger partial charge in [0.15, 0.2) is 0 Å². The van der Waals surface area contributed by atoms with E-state index in [9.17, 15) is 4.79 Å². The molecule has 1 rings (SSSR count). The fourth-order valence-corrected chi connectivity index (χ4v) is 2.08. The largest absolute Gasteiger partial charge is 0.392 e. The first-order valence-corrected chi connectivity index (χ1v) is 6.41. The van der Waals surface area contributed by atoms with Gasteiger partial charge in [0.25, 0.3) is 0 Å². The maximum absolute atomic E-state index is 11.7. The van der Waals surface area contributed by atoms with E-state index in [1.165, 1.54) is 0 Å². The minimum atomic E-state index is -0.409. The van der Waals surface area contributed by atoms with Crippen LogP contribution in [0.4, 0.5) is 10.5 Å². The van der Waals surface area contributed by atoms with Crippen LogP contribution in [0.1, 0.15) is 13.3 Å². The summed E-state index contributed by atoms with van der Waals surface area (Å²) < 4.78 is 0. The summed E-state index contributed by atoms with van der Waals surface area (Å²) in [6, 6.07) is 4.02. The third kappa shape index (κ3) is 4.68. The first kappa shape index (κ1) is 15.0. The Balaban J connectivity index is 2.67. The molecule has 98 valence electrons. The van der Waals surface area contributed by atoms with Gasteiger partial charge in [0.2, 0.25) is 0 Å². The van der Waals surface area contributed by atoms with Crippen molar-refractivity contribution in [3.63, 3.8) is 0 Å². The van der Waals surface area contributed by atoms with Gasteiger partial charge in [-0.2, -0.15) is 0 Å². The van der Waals surface area contributed by atoms with Gasteiger partial charge in [-0.25, -0.2) is 4.79 Å². The molecule has 0 aromatic heterocycles. The Bertz CT molecular complexity index is 447. The fraction of sp³-hybridized carbons (Fsp3) is 0.273. The quantitative estimate of drug-likeness (QED) is 0.748. The summed E-state index contributed by atoms with van der Waals surface area (Å²) in [7, 11) is 0. The molecule has 0 fully saturated rings. The number of rotatable bonds is 4. The Morgan fingerprint density at radius 2 is 1.94 bits per heavy atom. The monoisotopic (exact) mass is 305 g/mol. The lowest BCUT2D eigenvalue weighted by molar-refractivity contribution is 0.250. The van der Waals surface area contributed by atoms with E-state index < -0.39 is 6.03 Å². The van der Waals surface area contributed by atoms with Crippen LogP contribution in [-0.2, 0) is 0 Å². The Morgan fingerprint density at radius 1 is 1.39 bits per heavy atom. The Labute approximate surface area is 121 Å². The molecule has 1 aromatic rings. The topological polar surface area (TPSA) is 67.2 Å². The number of nitrogens with two attached hydrogens (primary N) is 1. The smallest absolute Gasteiger partial charge is 0.319 e. The molecule has 0 spiro atoms. The van der Waals surface area contributed by atoms with Crippen LogP contribution in [-0.4, -0.2) is 17.1 Å². The molecule has 1 aromatic carbocycles. The standard InChI is InChI=1S/C11H13Cl2N3OS/c1-2-9(10(14)18)16-11(17)15-8-4-6(12)3-7(13)5-8/h3-5,9H,2H2,1H3,(H2,14,18)(H2,15,16,17). The summed E-state index contributed by atoms with van der Waals surface area (Å²) >= 11 is 16.5. The SMILES string of the molecule is CCC(NC(=O)Nc1cc(Cl)cc(Cl)c1)C(N)=S. The number of thiocarbonyl (C=S) groups is 1. The van der Waals surface area contributed by atoms with Gasteiger partial charge in [-0.05, 0) is 24.6 Å². The molecule has 18 heavy (non-hydrogen) atoms. The average molecular weight is 306 g/mol. The number of carbonyl (C=O) groups is 1. The lowest BCUT2D eigenvalue weighted by Crippen LogP contribution is -2.44. The predicted octanol–water partition coefficient (Wildman–Crippen LogP) is 3.18. The van der Waals surface area contributed by atoms with Crippen molar-refractivity contribution < 1.29 is 4.79 Å². The lowest BCUT2D eigenvalue weighted by Gasteiger charge is -2.16. The minimum absolute atomic E-state index is 0.247. The van der Waals surface area contributed by atoms with Crippen molar-refractivity contribution in [1.29, 1.82) is 0 Å². The number of amides is 2. The van der Waals surface area contributed by atoms with E-state index >= 15 is 0 Å². The molecule has 4 nitrogen and oxygen atoms in total. The summed E-state index contributed by atoms with van der Waals surface area (Å²) in [5.74, 6) is 0. The third-order valence-corrected chi connectivity index (χ3v) is 2.90. The number of hydrogen-bond acceptors (Lipinski definition) is 2. The molecule has 0 aliphatic heterocycles. The molecule has 0 bridgehead atoms. The van der Waals surface area contributed by atoms with Gasteiger partial charge in [0.05, 0.1) is 11.0 Å². The zero-order chi connectivity index (χ0) is 13.7. The number of hydrogen-bond donors (Lipinski definition) is 3. The highest BCUT2D eigenvalue weighted by Crippen LogP contribution is 2.22. The van der Waals surface area contributed by atoms with Gasteiger partial charge in [0, 0.05) is 15.7 Å². The van der Waals surface area contributed by atoms with Crippen molar-refractivity contribution in [2.45, 2.75) is 19.4 Å². The normalized spacial score (nSPS) is 11.7. The van der Waals surface area contributed by atoms with Crippen molar-refractivity contribution in [3.8, 4) is 0 Å². The van der Waals surface area contributed by atoms with Crippen LogP contribution in [0.5, 0.6) is 0 Å². The molecule has 4 N–H and O–H groups in total. The van der Waals surface area contributed by atoms with Crippen LogP contribution < -0.4 is 16.4 Å². The van der Waals surface area contributed by atoms with E-state index in [0.29, 0.717) is 22.2 Å². The average Bonchev–Trinajstić information content (AvgIpc) is 2.23. The summed E-state index contributed by atoms with van der Waals surface area (Å²) in [6.07, 6.45) is 0.624. The highest BCUT2D eigenvalue weighted by molar-refractivity contribution is 7.80. The fourth-order valence-electron chi connectivity index (χ4n) is 1.33. The highest BCUT2D eigenvalue weighted by Gasteiger charge is 2.12. The summed E-state index contributed by atoms with van der Waals surface area (Å²) in [5, 5.41) is 6.15. The number of nitrogens with one attached hydrogen (secondary N) is 2. The number of benzene rings is 1. The van der Waals surface area contributed by atoms with Crippen LogP contribution in [0.2, 0.25) is 10.0 Å². The van der Waals surface area contributed by atoms with Gasteiger partial charge < -0.3 is 16.4 Å². The van der Waals surface area contributed by atoms with Crippen molar-refractivity contribution in [2.24, 2.45) is 5.73 Å². The molecular formula is C11H13Cl2N3OS. The lowest BCUT2D eigenvalue weighted by atomic mass is 10.2. The molecule has 0 saturated heterocycles. The number of carbonyl (C=O) groups excluding carboxylic acids is 1. The van der Waals surface area contributed by atoms with E-state index in [-0.39, 0.29) is 11.0 Å². The third-order valence-electron chi connectivity index (χ3n) is 2.18. The predicted molar refractivity (Wildman–Crippen MR) is 79.5 cm³/mol. The van der Waals surface area contributed by atoms with Crippen LogP contribution in [0, 0.1) is 0 Å². The van der Waals surface area contributed by atoms with Crippen molar-refractivity contribution in [3.05, 3.63) is 28.2 Å². The number of urea groups is 1. The van der Waals surface area contributed by atoms with E-state index in [2.05, 4.69) is 10.6 Å². The van der Waals surface area contributed by atoms with Crippen molar-refractivity contribution in [2.75, 3.05) is 5.32 Å².